The lowest BCUT2D eigenvalue weighted by atomic mass is 9.57. The molecule has 2 unspecified atom stereocenters. The zero-order valence-electron chi connectivity index (χ0n) is 14.3. The van der Waals surface area contributed by atoms with E-state index in [2.05, 4.69) is 11.8 Å². The van der Waals surface area contributed by atoms with E-state index in [0.29, 0.717) is 19.3 Å². The first-order chi connectivity index (χ1) is 11.6. The fraction of sp³-hybridized carbons (Fsp3) is 1.00. The summed E-state index contributed by atoms with van der Waals surface area (Å²) in [6.45, 7) is 5.05. The van der Waals surface area contributed by atoms with Gasteiger partial charge in [0, 0.05) is 18.3 Å². The molecule has 1 saturated carbocycles. The first kappa shape index (κ1) is 17.9. The van der Waals surface area contributed by atoms with Gasteiger partial charge in [-0.3, -0.25) is 0 Å². The molecule has 1 aliphatic carbocycles. The maximum atomic E-state index is 13.8. The highest BCUT2D eigenvalue weighted by Gasteiger charge is 2.77. The van der Waals surface area contributed by atoms with Crippen molar-refractivity contribution in [3.05, 3.63) is 0 Å². The molecule has 4 heterocycles. The first-order valence-corrected chi connectivity index (χ1v) is 8.71. The van der Waals surface area contributed by atoms with Gasteiger partial charge in [-0.1, -0.05) is 13.8 Å². The minimum absolute atomic E-state index is 0.0621. The highest BCUT2D eigenvalue weighted by Crippen LogP contribution is 2.64. The Hall–Kier alpha value is -0.450. The summed E-state index contributed by atoms with van der Waals surface area (Å²) in [5.41, 5.74) is -1.14. The van der Waals surface area contributed by atoms with Crippen LogP contribution in [0, 0.1) is 23.7 Å². The molecule has 144 valence electrons. The zero-order valence-corrected chi connectivity index (χ0v) is 14.3. The fourth-order valence-electron chi connectivity index (χ4n) is 5.40. The van der Waals surface area contributed by atoms with E-state index >= 15 is 0 Å². The van der Waals surface area contributed by atoms with Crippen molar-refractivity contribution in [3.8, 4) is 0 Å². The summed E-state index contributed by atoms with van der Waals surface area (Å²) in [4.78, 5) is 15.3. The monoisotopic (exact) mass is 368 g/mol. The van der Waals surface area contributed by atoms with Crippen LogP contribution in [0.1, 0.15) is 46.5 Å². The van der Waals surface area contributed by atoms with E-state index in [9.17, 15) is 18.4 Å². The summed E-state index contributed by atoms with van der Waals surface area (Å²) in [5, 5.41) is 9.22. The minimum Gasteiger partial charge on any atom is -0.315 e. The molecule has 9 heteroatoms. The van der Waals surface area contributed by atoms with Gasteiger partial charge in [-0.25, -0.2) is 15.0 Å². The molecule has 0 amide bonds. The molecule has 0 aromatic heterocycles. The van der Waals surface area contributed by atoms with Crippen molar-refractivity contribution < 1.29 is 42.6 Å². The van der Waals surface area contributed by atoms with Crippen LogP contribution < -0.4 is 0 Å². The van der Waals surface area contributed by atoms with Gasteiger partial charge in [0.15, 0.2) is 11.9 Å². The molecule has 2 bridgehead atoms. The molecule has 6 nitrogen and oxygen atoms in total. The molecule has 5 rings (SSSR count). The molecule has 5 aliphatic rings. The Morgan fingerprint density at radius 2 is 1.76 bits per heavy atom. The molecule has 25 heavy (non-hydrogen) atoms. The molecule has 1 N–H and O–H groups in total. The van der Waals surface area contributed by atoms with Gasteiger partial charge in [-0.2, -0.15) is 18.1 Å². The van der Waals surface area contributed by atoms with Crippen molar-refractivity contribution in [2.45, 2.75) is 76.1 Å². The van der Waals surface area contributed by atoms with Crippen LogP contribution in [-0.2, 0) is 24.1 Å². The van der Waals surface area contributed by atoms with Gasteiger partial charge in [-0.15, -0.1) is 0 Å². The summed E-state index contributed by atoms with van der Waals surface area (Å²) < 4.78 is 52.6. The third-order valence-electron chi connectivity index (χ3n) is 6.79. The Morgan fingerprint density at radius 3 is 2.40 bits per heavy atom. The van der Waals surface area contributed by atoms with Gasteiger partial charge in [0.2, 0.25) is 5.79 Å². The number of alkyl halides is 3. The van der Waals surface area contributed by atoms with Gasteiger partial charge in [0.1, 0.15) is 0 Å². The van der Waals surface area contributed by atoms with Gasteiger partial charge in [0.05, 0.1) is 0 Å². The molecule has 4 saturated heterocycles. The Morgan fingerprint density at radius 1 is 1.04 bits per heavy atom. The molecular formula is C16H23F3O6. The van der Waals surface area contributed by atoms with Gasteiger partial charge in [0.25, 0.3) is 0 Å². The molecule has 0 radical (unpaired) electrons. The normalized spacial score (nSPS) is 55.6. The van der Waals surface area contributed by atoms with E-state index in [1.54, 1.807) is 6.92 Å². The fourth-order valence-corrected chi connectivity index (χ4v) is 5.40. The first-order valence-electron chi connectivity index (χ1n) is 8.71. The lowest BCUT2D eigenvalue weighted by Crippen LogP contribution is -2.75. The van der Waals surface area contributed by atoms with E-state index in [1.165, 1.54) is 6.92 Å². The van der Waals surface area contributed by atoms with Crippen LogP contribution in [0.5, 0.6) is 0 Å². The molecule has 0 aromatic rings. The molecule has 4 aliphatic heterocycles. The maximum Gasteiger partial charge on any atom is 0.446 e. The topological polar surface area (TPSA) is 66.4 Å². The predicted molar refractivity (Wildman–Crippen MR) is 75.5 cm³/mol. The predicted octanol–water partition coefficient (Wildman–Crippen LogP) is 3.62. The van der Waals surface area contributed by atoms with Crippen LogP contribution >= 0.6 is 0 Å². The van der Waals surface area contributed by atoms with Crippen LogP contribution in [-0.4, -0.2) is 34.9 Å². The molecule has 5 fully saturated rings. The second kappa shape index (κ2) is 5.30. The van der Waals surface area contributed by atoms with Crippen molar-refractivity contribution in [1.82, 2.24) is 0 Å². The Labute approximate surface area is 143 Å². The molecule has 0 aromatic carbocycles. The van der Waals surface area contributed by atoms with Gasteiger partial charge >= 0.3 is 12.0 Å². The van der Waals surface area contributed by atoms with E-state index in [-0.39, 0.29) is 11.8 Å². The maximum absolute atomic E-state index is 13.8. The number of rotatable bonds is 1. The van der Waals surface area contributed by atoms with Crippen molar-refractivity contribution in [2.75, 3.05) is 0 Å². The van der Waals surface area contributed by atoms with E-state index < -0.39 is 41.5 Å². The SMILES string of the molecule is C[C@@H]1CC[C@H]2[C@@H](C)[C@](OO)(C(F)(F)F)O[C@@H]3O[C@]4(C)CCC1C32OO4. The second-order valence-corrected chi connectivity index (χ2v) is 8.07. The summed E-state index contributed by atoms with van der Waals surface area (Å²) in [6.07, 6.45) is -3.84. The smallest absolute Gasteiger partial charge is 0.315 e. The average Bonchev–Trinajstić information content (AvgIpc) is 2.76. The number of fused-ring (bicyclic) bond motifs is 2. The number of hydrogen-bond acceptors (Lipinski definition) is 6. The largest absolute Gasteiger partial charge is 0.446 e. The van der Waals surface area contributed by atoms with Crippen LogP contribution in [0.2, 0.25) is 0 Å². The number of ether oxygens (including phenoxy) is 2. The van der Waals surface area contributed by atoms with Crippen LogP contribution in [0.4, 0.5) is 13.2 Å². The van der Waals surface area contributed by atoms with Crippen molar-refractivity contribution in [2.24, 2.45) is 23.7 Å². The Bertz CT molecular complexity index is 558. The lowest BCUT2D eigenvalue weighted by molar-refractivity contribution is -0.616. The van der Waals surface area contributed by atoms with Crippen LogP contribution in [0.15, 0.2) is 0 Å². The molecule has 8 atom stereocenters. The third-order valence-corrected chi connectivity index (χ3v) is 6.79. The van der Waals surface area contributed by atoms with Crippen molar-refractivity contribution in [3.63, 3.8) is 0 Å². The van der Waals surface area contributed by atoms with Gasteiger partial charge < -0.3 is 9.47 Å². The summed E-state index contributed by atoms with van der Waals surface area (Å²) in [6, 6.07) is 0. The number of halogens is 3. The van der Waals surface area contributed by atoms with Crippen molar-refractivity contribution >= 4 is 0 Å². The Kier molecular flexibility index (Phi) is 3.80. The number of hydrogen-bond donors (Lipinski definition) is 1. The van der Waals surface area contributed by atoms with E-state index in [1.807, 2.05) is 0 Å². The quantitative estimate of drug-likeness (QED) is 0.563. The molecular weight excluding hydrogens is 345 g/mol. The van der Waals surface area contributed by atoms with E-state index in [0.717, 1.165) is 6.42 Å². The van der Waals surface area contributed by atoms with Crippen LogP contribution in [0.3, 0.4) is 0 Å². The summed E-state index contributed by atoms with van der Waals surface area (Å²) >= 11 is 0. The summed E-state index contributed by atoms with van der Waals surface area (Å²) in [5.74, 6) is -5.96. The standard InChI is InChI=1S/C16H23F3O6/c1-8-4-5-11-9(2)15(23-20,16(17,18)19)22-12-14(11)10(8)6-7-13(3,21-12)24-25-14/h8-12,20H,4-7H2,1-3H3/t8-,9-,10?,11+,12+,13+,14?,15+/m1/s1. The lowest BCUT2D eigenvalue weighted by Gasteiger charge is -2.62. The third kappa shape index (κ3) is 2.14. The van der Waals surface area contributed by atoms with Gasteiger partial charge in [-0.05, 0) is 38.0 Å². The average molecular weight is 368 g/mol. The van der Waals surface area contributed by atoms with Crippen LogP contribution in [0.25, 0.3) is 0 Å². The highest BCUT2D eigenvalue weighted by atomic mass is 19.4. The minimum atomic E-state index is -4.93. The molecule has 1 spiro atoms. The summed E-state index contributed by atoms with van der Waals surface area (Å²) in [7, 11) is 0. The highest BCUT2D eigenvalue weighted by molar-refractivity contribution is 5.12. The van der Waals surface area contributed by atoms with E-state index in [4.69, 9.17) is 19.2 Å². The van der Waals surface area contributed by atoms with Crippen molar-refractivity contribution in [1.29, 1.82) is 0 Å². The Balaban J connectivity index is 1.85. The second-order valence-electron chi connectivity index (χ2n) is 8.07. The zero-order chi connectivity index (χ0) is 18.3.